The molecule has 64 valence electrons. The summed E-state index contributed by atoms with van der Waals surface area (Å²) in [5.74, 6) is 1.48. The molecule has 0 bridgehead atoms. The highest BCUT2D eigenvalue weighted by atomic mass is 127. The number of hydrogen-bond acceptors (Lipinski definition) is 1. The second-order valence-corrected chi connectivity index (χ2v) is 4.30. The van der Waals surface area contributed by atoms with Gasteiger partial charge >= 0.3 is 0 Å². The topological polar surface area (TPSA) is 17.1 Å². The van der Waals surface area contributed by atoms with Gasteiger partial charge in [-0.15, -0.1) is 0 Å². The van der Waals surface area contributed by atoms with Gasteiger partial charge in [-0.3, -0.25) is 4.79 Å². The van der Waals surface area contributed by atoms with E-state index in [1.165, 1.54) is 19.3 Å². The normalized spacial score (nSPS) is 31.8. The van der Waals surface area contributed by atoms with E-state index in [4.69, 9.17) is 0 Å². The van der Waals surface area contributed by atoms with Crippen LogP contribution in [0, 0.1) is 11.8 Å². The van der Waals surface area contributed by atoms with Crippen LogP contribution in [0.5, 0.6) is 0 Å². The highest BCUT2D eigenvalue weighted by Crippen LogP contribution is 2.31. The van der Waals surface area contributed by atoms with Crippen molar-refractivity contribution >= 4 is 28.4 Å². The smallest absolute Gasteiger partial charge is 0.133 e. The second kappa shape index (κ2) is 4.43. The lowest BCUT2D eigenvalue weighted by atomic mass is 9.78. The average Bonchev–Trinajstić information content (AvgIpc) is 2.04. The fraction of sp³-hybridized carbons (Fsp3) is 0.889. The molecule has 1 rings (SSSR count). The van der Waals surface area contributed by atoms with E-state index in [1.807, 2.05) is 0 Å². The molecule has 0 heterocycles. The van der Waals surface area contributed by atoms with Crippen LogP contribution in [0.1, 0.15) is 32.6 Å². The Morgan fingerprint density at radius 1 is 1.45 bits per heavy atom. The summed E-state index contributed by atoms with van der Waals surface area (Å²) in [5, 5.41) is 0. The maximum atomic E-state index is 11.2. The monoisotopic (exact) mass is 266 g/mol. The molecule has 0 radical (unpaired) electrons. The predicted molar refractivity (Wildman–Crippen MR) is 55.0 cm³/mol. The van der Waals surface area contributed by atoms with Crippen LogP contribution in [0.25, 0.3) is 0 Å². The van der Waals surface area contributed by atoms with Gasteiger partial charge in [-0.2, -0.15) is 0 Å². The fourth-order valence-corrected chi connectivity index (χ4v) is 2.98. The van der Waals surface area contributed by atoms with Crippen molar-refractivity contribution in [3.05, 3.63) is 0 Å². The Labute approximate surface area is 82.1 Å². The zero-order chi connectivity index (χ0) is 8.27. The molecule has 0 N–H and O–H groups in total. The molecule has 0 saturated heterocycles. The molecule has 0 aromatic heterocycles. The molecule has 0 amide bonds. The minimum Gasteiger partial charge on any atom is -0.300 e. The molecule has 2 heteroatoms. The summed E-state index contributed by atoms with van der Waals surface area (Å²) in [5.41, 5.74) is 0. The number of hydrogen-bond donors (Lipinski definition) is 0. The summed E-state index contributed by atoms with van der Waals surface area (Å²) in [6, 6.07) is 0. The Morgan fingerprint density at radius 3 is 2.55 bits per heavy atom. The summed E-state index contributed by atoms with van der Waals surface area (Å²) in [6.07, 6.45) is 5.00. The molecular formula is C9H15IO. The Kier molecular flexibility index (Phi) is 3.82. The van der Waals surface area contributed by atoms with Crippen LogP contribution in [-0.2, 0) is 4.79 Å². The summed E-state index contributed by atoms with van der Waals surface area (Å²) in [4.78, 5) is 11.2. The molecule has 1 nitrogen and oxygen atoms in total. The lowest BCUT2D eigenvalue weighted by molar-refractivity contribution is -0.123. The van der Waals surface area contributed by atoms with Gasteiger partial charge < -0.3 is 0 Å². The van der Waals surface area contributed by atoms with Crippen LogP contribution in [0.4, 0.5) is 0 Å². The molecule has 2 atom stereocenters. The van der Waals surface area contributed by atoms with E-state index in [2.05, 4.69) is 22.6 Å². The van der Waals surface area contributed by atoms with E-state index in [1.54, 1.807) is 6.92 Å². The Morgan fingerprint density at radius 2 is 2.09 bits per heavy atom. The lowest BCUT2D eigenvalue weighted by Crippen LogP contribution is -2.26. The number of halogens is 1. The number of carbonyl (C=O) groups excluding carboxylic acids is 1. The third-order valence-corrected chi connectivity index (χ3v) is 3.76. The van der Waals surface area contributed by atoms with E-state index >= 15 is 0 Å². The number of ketones is 1. The van der Waals surface area contributed by atoms with Crippen molar-refractivity contribution in [2.24, 2.45) is 11.8 Å². The third-order valence-electron chi connectivity index (χ3n) is 2.63. The van der Waals surface area contributed by atoms with Gasteiger partial charge in [-0.25, -0.2) is 0 Å². The molecule has 1 aliphatic rings. The molecule has 1 saturated carbocycles. The molecule has 0 unspecified atom stereocenters. The van der Waals surface area contributed by atoms with Crippen molar-refractivity contribution in [2.75, 3.05) is 4.43 Å². The van der Waals surface area contributed by atoms with Crippen molar-refractivity contribution in [3.8, 4) is 0 Å². The van der Waals surface area contributed by atoms with E-state index in [0.29, 0.717) is 17.6 Å². The Bertz CT molecular complexity index is 144. The van der Waals surface area contributed by atoms with E-state index in [0.717, 1.165) is 10.8 Å². The van der Waals surface area contributed by atoms with Gasteiger partial charge in [0.2, 0.25) is 0 Å². The average molecular weight is 266 g/mol. The number of alkyl halides is 1. The zero-order valence-corrected chi connectivity index (χ0v) is 9.13. The number of rotatable bonds is 2. The van der Waals surface area contributed by atoms with Crippen LogP contribution in [0.15, 0.2) is 0 Å². The summed E-state index contributed by atoms with van der Waals surface area (Å²) >= 11 is 2.40. The quantitative estimate of drug-likeness (QED) is 0.555. The maximum Gasteiger partial charge on any atom is 0.133 e. The summed E-state index contributed by atoms with van der Waals surface area (Å²) in [7, 11) is 0. The van der Waals surface area contributed by atoms with Crippen LogP contribution < -0.4 is 0 Å². The highest BCUT2D eigenvalue weighted by molar-refractivity contribution is 14.1. The van der Waals surface area contributed by atoms with Crippen LogP contribution in [-0.4, -0.2) is 10.2 Å². The maximum absolute atomic E-state index is 11.2. The molecule has 1 fully saturated rings. The van der Waals surface area contributed by atoms with Crippen molar-refractivity contribution in [1.29, 1.82) is 0 Å². The Hall–Kier alpha value is 0.400. The van der Waals surface area contributed by atoms with Gasteiger partial charge in [0.15, 0.2) is 0 Å². The molecule has 0 aromatic carbocycles. The minimum atomic E-state index is 0.389. The van der Waals surface area contributed by atoms with Gasteiger partial charge in [0.05, 0.1) is 0 Å². The minimum absolute atomic E-state index is 0.389. The molecule has 1 aliphatic carbocycles. The van der Waals surface area contributed by atoms with Crippen LogP contribution in [0.3, 0.4) is 0 Å². The van der Waals surface area contributed by atoms with Crippen molar-refractivity contribution < 1.29 is 4.79 Å². The molecule has 11 heavy (non-hydrogen) atoms. The van der Waals surface area contributed by atoms with Crippen LogP contribution >= 0.6 is 22.6 Å². The second-order valence-electron chi connectivity index (χ2n) is 3.42. The zero-order valence-electron chi connectivity index (χ0n) is 6.98. The van der Waals surface area contributed by atoms with Gasteiger partial charge in [-0.05, 0) is 25.7 Å². The fourth-order valence-electron chi connectivity index (χ4n) is 1.93. The largest absolute Gasteiger partial charge is 0.300 e. The number of Topliss-reactive ketones (excluding diaryl/α,β-unsaturated/α-hetero) is 1. The van der Waals surface area contributed by atoms with Crippen molar-refractivity contribution in [1.82, 2.24) is 0 Å². The molecule has 0 spiro atoms. The summed E-state index contributed by atoms with van der Waals surface area (Å²) in [6.45, 7) is 1.75. The third kappa shape index (κ3) is 2.42. The van der Waals surface area contributed by atoms with Gasteiger partial charge in [0.25, 0.3) is 0 Å². The first-order chi connectivity index (χ1) is 5.25. The molecule has 0 aliphatic heterocycles. The molecule has 0 aromatic rings. The Balaban J connectivity index is 2.51. The first-order valence-electron chi connectivity index (χ1n) is 4.32. The van der Waals surface area contributed by atoms with E-state index in [9.17, 15) is 4.79 Å². The number of carbonyl (C=O) groups is 1. The van der Waals surface area contributed by atoms with Gasteiger partial charge in [-0.1, -0.05) is 35.4 Å². The van der Waals surface area contributed by atoms with E-state index in [-0.39, 0.29) is 0 Å². The van der Waals surface area contributed by atoms with Crippen molar-refractivity contribution in [2.45, 2.75) is 32.6 Å². The van der Waals surface area contributed by atoms with Crippen LogP contribution in [0.2, 0.25) is 0 Å². The SMILES string of the molecule is CC(=O)[C@@H]1CCCC[C@H]1CI. The van der Waals surface area contributed by atoms with E-state index < -0.39 is 0 Å². The predicted octanol–water partition coefficient (Wildman–Crippen LogP) is 2.82. The first-order valence-corrected chi connectivity index (χ1v) is 5.84. The standard InChI is InChI=1S/C9H15IO/c1-7(11)9-5-3-2-4-8(9)6-10/h8-9H,2-6H2,1H3/t8-,9-/m0/s1. The summed E-state index contributed by atoms with van der Waals surface area (Å²) < 4.78 is 1.15. The van der Waals surface area contributed by atoms with Gasteiger partial charge in [0.1, 0.15) is 5.78 Å². The highest BCUT2D eigenvalue weighted by Gasteiger charge is 2.27. The van der Waals surface area contributed by atoms with Crippen molar-refractivity contribution in [3.63, 3.8) is 0 Å². The lowest BCUT2D eigenvalue weighted by Gasteiger charge is -2.27. The molecular weight excluding hydrogens is 251 g/mol. The van der Waals surface area contributed by atoms with Gasteiger partial charge in [0, 0.05) is 10.3 Å². The first kappa shape index (κ1) is 9.49.